The van der Waals surface area contributed by atoms with Crippen molar-refractivity contribution >= 4 is 27.8 Å². The fourth-order valence-electron chi connectivity index (χ4n) is 2.86. The van der Waals surface area contributed by atoms with Crippen LogP contribution in [0.2, 0.25) is 0 Å². The minimum absolute atomic E-state index is 0.163. The summed E-state index contributed by atoms with van der Waals surface area (Å²) in [6.45, 7) is 6.34. The largest absolute Gasteiger partial charge is 0.468 e. The summed E-state index contributed by atoms with van der Waals surface area (Å²) in [5.41, 5.74) is 0.848. The minimum atomic E-state index is -3.60. The summed E-state index contributed by atoms with van der Waals surface area (Å²) >= 11 is 1.20. The van der Waals surface area contributed by atoms with Crippen LogP contribution in [0, 0.1) is 0 Å². The van der Waals surface area contributed by atoms with Gasteiger partial charge in [0.25, 0.3) is 5.22 Å². The zero-order chi connectivity index (χ0) is 22.4. The number of carbonyl (C=O) groups is 1. The van der Waals surface area contributed by atoms with Crippen LogP contribution in [0.4, 0.5) is 0 Å². The van der Waals surface area contributed by atoms with Gasteiger partial charge in [-0.15, -0.1) is 10.2 Å². The first-order valence-corrected chi connectivity index (χ1v) is 12.1. The van der Waals surface area contributed by atoms with Gasteiger partial charge in [-0.2, -0.15) is 4.31 Å². The number of furan rings is 1. The second-order valence-corrected chi connectivity index (χ2v) is 9.12. The Labute approximate surface area is 184 Å². The quantitative estimate of drug-likeness (QED) is 0.325. The normalized spacial score (nSPS) is 11.7. The van der Waals surface area contributed by atoms with Crippen molar-refractivity contribution in [2.75, 3.05) is 19.7 Å². The van der Waals surface area contributed by atoms with E-state index >= 15 is 0 Å². The van der Waals surface area contributed by atoms with Crippen molar-refractivity contribution in [3.63, 3.8) is 0 Å². The fourth-order valence-corrected chi connectivity index (χ4v) is 5.08. The molecule has 3 aromatic rings. The Hall–Kier alpha value is -2.63. The molecule has 0 bridgehead atoms. The number of ether oxygens (including phenoxy) is 1. The van der Waals surface area contributed by atoms with Crippen LogP contribution in [-0.4, -0.2) is 48.6 Å². The summed E-state index contributed by atoms with van der Waals surface area (Å²) in [7, 11) is -3.60. The van der Waals surface area contributed by atoms with Crippen LogP contribution in [0.1, 0.15) is 36.9 Å². The number of nitrogens with zero attached hydrogens (tertiary/aromatic N) is 3. The van der Waals surface area contributed by atoms with Crippen LogP contribution >= 0.6 is 11.8 Å². The molecule has 0 radical (unpaired) electrons. The van der Waals surface area contributed by atoms with E-state index in [1.54, 1.807) is 39.0 Å². The van der Waals surface area contributed by atoms with Crippen molar-refractivity contribution in [3.8, 4) is 11.5 Å². The molecule has 0 aliphatic rings. The molecule has 0 saturated heterocycles. The summed E-state index contributed by atoms with van der Waals surface area (Å²) in [6, 6.07) is 7.94. The van der Waals surface area contributed by atoms with Crippen LogP contribution in [0.3, 0.4) is 0 Å². The molecule has 1 aromatic carbocycles. The fraction of sp³-hybridized carbons (Fsp3) is 0.350. The molecule has 0 saturated carbocycles. The van der Waals surface area contributed by atoms with Crippen molar-refractivity contribution in [1.29, 1.82) is 0 Å². The van der Waals surface area contributed by atoms with Crippen molar-refractivity contribution in [2.24, 2.45) is 0 Å². The van der Waals surface area contributed by atoms with E-state index < -0.39 is 16.0 Å². The Balaban J connectivity index is 1.75. The first-order valence-electron chi connectivity index (χ1n) is 9.71. The Morgan fingerprint density at radius 2 is 1.94 bits per heavy atom. The van der Waals surface area contributed by atoms with Gasteiger partial charge in [-0.05, 0) is 31.2 Å². The van der Waals surface area contributed by atoms with Crippen LogP contribution in [0.25, 0.3) is 11.5 Å². The molecule has 0 unspecified atom stereocenters. The van der Waals surface area contributed by atoms with E-state index in [-0.39, 0.29) is 22.6 Å². The van der Waals surface area contributed by atoms with Gasteiger partial charge in [-0.1, -0.05) is 31.7 Å². The highest BCUT2D eigenvalue weighted by Crippen LogP contribution is 2.29. The van der Waals surface area contributed by atoms with Gasteiger partial charge >= 0.3 is 5.97 Å². The molecule has 0 N–H and O–H groups in total. The smallest absolute Gasteiger partial charge is 0.341 e. The number of aromatic nitrogens is 2. The van der Waals surface area contributed by atoms with Gasteiger partial charge < -0.3 is 13.6 Å². The molecule has 0 aliphatic heterocycles. The highest BCUT2D eigenvalue weighted by atomic mass is 32.2. The van der Waals surface area contributed by atoms with Crippen molar-refractivity contribution in [2.45, 2.75) is 36.6 Å². The van der Waals surface area contributed by atoms with E-state index in [9.17, 15) is 13.2 Å². The molecule has 3 rings (SSSR count). The molecule has 2 heterocycles. The summed E-state index contributed by atoms with van der Waals surface area (Å²) in [6.07, 6.45) is 1.42. The van der Waals surface area contributed by atoms with Crippen molar-refractivity contribution < 1.29 is 26.8 Å². The van der Waals surface area contributed by atoms with Gasteiger partial charge in [-0.25, -0.2) is 13.2 Å². The average Bonchev–Trinajstić information content (AvgIpc) is 3.43. The van der Waals surface area contributed by atoms with Gasteiger partial charge in [0.15, 0.2) is 0 Å². The highest BCUT2D eigenvalue weighted by Gasteiger charge is 2.23. The van der Waals surface area contributed by atoms with Gasteiger partial charge in [0.1, 0.15) is 11.3 Å². The lowest BCUT2D eigenvalue weighted by Gasteiger charge is -2.18. The van der Waals surface area contributed by atoms with Crippen LogP contribution in [0.15, 0.2) is 55.5 Å². The maximum atomic E-state index is 12.8. The molecule has 166 valence electrons. The Morgan fingerprint density at radius 3 is 2.65 bits per heavy atom. The predicted molar refractivity (Wildman–Crippen MR) is 114 cm³/mol. The molecular weight excluding hydrogens is 442 g/mol. The molecule has 0 spiro atoms. The SMILES string of the molecule is CCOC(=O)c1ccoc1CSc1nnc(-c2cccc(S(=O)(=O)N(CC)CC)c2)o1. The predicted octanol–water partition coefficient (Wildman–Crippen LogP) is 3.83. The summed E-state index contributed by atoms with van der Waals surface area (Å²) < 4.78 is 42.9. The lowest BCUT2D eigenvalue weighted by Crippen LogP contribution is -2.30. The highest BCUT2D eigenvalue weighted by molar-refractivity contribution is 7.98. The summed E-state index contributed by atoms with van der Waals surface area (Å²) in [4.78, 5) is 12.1. The molecule has 2 aromatic heterocycles. The number of hydrogen-bond acceptors (Lipinski definition) is 9. The second-order valence-electron chi connectivity index (χ2n) is 6.26. The molecule has 9 nitrogen and oxygen atoms in total. The number of carbonyl (C=O) groups excluding carboxylic acids is 1. The number of sulfonamides is 1. The third kappa shape index (κ3) is 5.17. The van der Waals surface area contributed by atoms with Gasteiger partial charge in [0.05, 0.1) is 23.5 Å². The third-order valence-corrected chi connectivity index (χ3v) is 7.26. The summed E-state index contributed by atoms with van der Waals surface area (Å²) in [5.74, 6) is 0.475. The lowest BCUT2D eigenvalue weighted by atomic mass is 10.2. The molecule has 0 fully saturated rings. The molecule has 11 heteroatoms. The number of esters is 1. The Bertz CT molecular complexity index is 1140. The number of thioether (sulfide) groups is 1. The molecule has 31 heavy (non-hydrogen) atoms. The van der Waals surface area contributed by atoms with E-state index in [0.717, 1.165) is 0 Å². The van der Waals surface area contributed by atoms with E-state index in [2.05, 4.69) is 10.2 Å². The summed E-state index contributed by atoms with van der Waals surface area (Å²) in [5, 5.41) is 8.27. The second kappa shape index (κ2) is 10.1. The first kappa shape index (κ1) is 23.0. The molecular formula is C20H23N3O6S2. The minimum Gasteiger partial charge on any atom is -0.468 e. The van der Waals surface area contributed by atoms with Gasteiger partial charge in [0, 0.05) is 18.7 Å². The van der Waals surface area contributed by atoms with Gasteiger partial charge in [-0.3, -0.25) is 0 Å². The monoisotopic (exact) mass is 465 g/mol. The third-order valence-electron chi connectivity index (χ3n) is 4.40. The van der Waals surface area contributed by atoms with Crippen molar-refractivity contribution in [1.82, 2.24) is 14.5 Å². The van der Waals surface area contributed by atoms with E-state index in [4.69, 9.17) is 13.6 Å². The maximum Gasteiger partial charge on any atom is 0.341 e. The maximum absolute atomic E-state index is 12.8. The van der Waals surface area contributed by atoms with E-state index in [1.165, 1.54) is 34.5 Å². The van der Waals surface area contributed by atoms with Crippen LogP contribution in [-0.2, 0) is 20.5 Å². The Morgan fingerprint density at radius 1 is 1.16 bits per heavy atom. The first-order chi connectivity index (χ1) is 14.9. The number of hydrogen-bond donors (Lipinski definition) is 0. The number of rotatable bonds is 10. The standard InChI is InChI=1S/C20H23N3O6S2/c1-4-23(5-2)31(25,26)15-9-7-8-14(12-15)18-21-22-20(29-18)30-13-17-16(10-11-28-17)19(24)27-6-3/h7-12H,4-6,13H2,1-3H3. The zero-order valence-corrected chi connectivity index (χ0v) is 19.0. The molecule has 0 atom stereocenters. The number of benzene rings is 1. The van der Waals surface area contributed by atoms with Crippen LogP contribution in [0.5, 0.6) is 0 Å². The molecule has 0 amide bonds. The van der Waals surface area contributed by atoms with E-state index in [1.807, 2.05) is 0 Å². The van der Waals surface area contributed by atoms with E-state index in [0.29, 0.717) is 35.7 Å². The lowest BCUT2D eigenvalue weighted by molar-refractivity contribution is 0.0524. The van der Waals surface area contributed by atoms with Crippen LogP contribution < -0.4 is 0 Å². The molecule has 0 aliphatic carbocycles. The zero-order valence-electron chi connectivity index (χ0n) is 17.4. The average molecular weight is 466 g/mol. The van der Waals surface area contributed by atoms with Gasteiger partial charge in [0.2, 0.25) is 15.9 Å². The topological polar surface area (TPSA) is 116 Å². The van der Waals surface area contributed by atoms with Crippen molar-refractivity contribution in [3.05, 3.63) is 47.9 Å². The Kier molecular flexibility index (Phi) is 7.52.